The smallest absolute Gasteiger partial charge is 0.259 e. The molecule has 0 bridgehead atoms. The van der Waals surface area contributed by atoms with Gasteiger partial charge in [-0.25, -0.2) is 0 Å². The number of hydrogen-bond donors (Lipinski definition) is 0. The van der Waals surface area contributed by atoms with E-state index in [2.05, 4.69) is 33.8 Å². The van der Waals surface area contributed by atoms with Gasteiger partial charge in [0.2, 0.25) is 5.82 Å². The minimum Gasteiger partial charge on any atom is -0.491 e. The maximum Gasteiger partial charge on any atom is 0.259 e. The second-order valence-corrected chi connectivity index (χ2v) is 7.69. The van der Waals surface area contributed by atoms with Crippen LogP contribution in [0, 0.1) is 25.7 Å². The third-order valence-electron chi connectivity index (χ3n) is 5.07. The molecule has 0 saturated carbocycles. The van der Waals surface area contributed by atoms with E-state index < -0.39 is 6.04 Å². The zero-order chi connectivity index (χ0) is 22.4. The molecule has 0 spiro atoms. The topological polar surface area (TPSA) is 90.5 Å². The molecule has 1 atom stereocenters. The van der Waals surface area contributed by atoms with Crippen LogP contribution in [-0.4, -0.2) is 27.8 Å². The Morgan fingerprint density at radius 3 is 2.48 bits per heavy atom. The summed E-state index contributed by atoms with van der Waals surface area (Å²) in [6.45, 7) is 11.9. The lowest BCUT2D eigenvalue weighted by molar-refractivity contribution is 0.285. The number of nitrogens with zero attached hydrogens (tertiary/aromatic N) is 4. The summed E-state index contributed by atoms with van der Waals surface area (Å²) in [6, 6.07) is 5.48. The van der Waals surface area contributed by atoms with Crippen molar-refractivity contribution in [1.29, 1.82) is 0 Å². The van der Waals surface area contributed by atoms with Crippen molar-refractivity contribution in [3.05, 3.63) is 64.3 Å². The van der Waals surface area contributed by atoms with E-state index >= 15 is 0 Å². The molecule has 7 nitrogen and oxygen atoms in total. The van der Waals surface area contributed by atoms with Crippen molar-refractivity contribution >= 4 is 0 Å². The summed E-state index contributed by atoms with van der Waals surface area (Å²) < 4.78 is 11.4. The average molecular weight is 421 g/mol. The average Bonchev–Trinajstić information content (AvgIpc) is 3.24. The van der Waals surface area contributed by atoms with Crippen LogP contribution in [0.1, 0.15) is 42.1 Å². The molecule has 0 aliphatic rings. The summed E-state index contributed by atoms with van der Waals surface area (Å²) in [6.07, 6.45) is 5.94. The monoisotopic (exact) mass is 420 g/mol. The van der Waals surface area contributed by atoms with Gasteiger partial charge in [-0.1, -0.05) is 29.8 Å². The molecule has 2 heterocycles. The molecule has 0 saturated heterocycles. The van der Waals surface area contributed by atoms with Crippen molar-refractivity contribution in [3.8, 4) is 28.6 Å². The molecular weight excluding hydrogens is 392 g/mol. The molecule has 0 aliphatic carbocycles. The van der Waals surface area contributed by atoms with Crippen LogP contribution < -0.4 is 4.74 Å². The Bertz CT molecular complexity index is 1050. The van der Waals surface area contributed by atoms with Crippen molar-refractivity contribution in [2.24, 2.45) is 5.18 Å². The Balaban J connectivity index is 1.81. The zero-order valence-corrected chi connectivity index (χ0v) is 18.5. The number of hydrogen-bond acceptors (Lipinski definition) is 7. The fourth-order valence-electron chi connectivity index (χ4n) is 3.50. The van der Waals surface area contributed by atoms with Crippen molar-refractivity contribution in [2.75, 3.05) is 6.61 Å². The van der Waals surface area contributed by atoms with Crippen LogP contribution in [0.2, 0.25) is 0 Å². The lowest BCUT2D eigenvalue weighted by Gasteiger charge is -2.15. The minimum absolute atomic E-state index is 0.212. The largest absolute Gasteiger partial charge is 0.491 e. The summed E-state index contributed by atoms with van der Waals surface area (Å²) in [5, 5.41) is 7.24. The molecule has 3 aromatic rings. The fourth-order valence-corrected chi connectivity index (χ4v) is 3.50. The lowest BCUT2D eigenvalue weighted by Crippen LogP contribution is -2.15. The maximum absolute atomic E-state index is 10.9. The molecule has 31 heavy (non-hydrogen) atoms. The van der Waals surface area contributed by atoms with Crippen molar-refractivity contribution in [1.82, 2.24) is 15.1 Å². The number of nitroso groups, excluding NO2 is 1. The van der Waals surface area contributed by atoms with Gasteiger partial charge < -0.3 is 9.26 Å². The van der Waals surface area contributed by atoms with Gasteiger partial charge in [-0.3, -0.25) is 4.98 Å². The van der Waals surface area contributed by atoms with Crippen LogP contribution in [-0.2, 0) is 6.42 Å². The highest BCUT2D eigenvalue weighted by atomic mass is 16.5. The van der Waals surface area contributed by atoms with Gasteiger partial charge in [-0.05, 0) is 68.5 Å². The number of aryl methyl sites for hydroxylation is 4. The van der Waals surface area contributed by atoms with E-state index in [-0.39, 0.29) is 6.61 Å². The Kier molecular flexibility index (Phi) is 7.28. The first kappa shape index (κ1) is 22.3. The third kappa shape index (κ3) is 5.23. The molecule has 162 valence electrons. The van der Waals surface area contributed by atoms with Crippen molar-refractivity contribution in [2.45, 2.75) is 53.0 Å². The molecule has 1 unspecified atom stereocenters. The summed E-state index contributed by atoms with van der Waals surface area (Å²) in [5.41, 5.74) is 5.69. The lowest BCUT2D eigenvalue weighted by atomic mass is 10.1. The molecule has 0 amide bonds. The van der Waals surface area contributed by atoms with E-state index in [0.29, 0.717) is 18.1 Å². The van der Waals surface area contributed by atoms with Gasteiger partial charge in [0.25, 0.3) is 5.89 Å². The summed E-state index contributed by atoms with van der Waals surface area (Å²) >= 11 is 0. The van der Waals surface area contributed by atoms with Crippen molar-refractivity contribution in [3.63, 3.8) is 0 Å². The SMILES string of the molecule is C=CCC(COc1c(C)cc(-c2noc(-c3cnc(CCC)c(C)c3)n2)cc1C)N=O. The Morgan fingerprint density at radius 1 is 1.16 bits per heavy atom. The predicted octanol–water partition coefficient (Wildman–Crippen LogP) is 5.77. The second-order valence-electron chi connectivity index (χ2n) is 7.69. The number of benzene rings is 1. The molecule has 0 radical (unpaired) electrons. The minimum atomic E-state index is -0.448. The predicted molar refractivity (Wildman–Crippen MR) is 121 cm³/mol. The zero-order valence-electron chi connectivity index (χ0n) is 18.5. The number of rotatable bonds is 10. The van der Waals surface area contributed by atoms with Gasteiger partial charge >= 0.3 is 0 Å². The summed E-state index contributed by atoms with van der Waals surface area (Å²) in [7, 11) is 0. The molecule has 2 aromatic heterocycles. The number of aromatic nitrogens is 3. The molecule has 0 N–H and O–H groups in total. The first-order valence-electron chi connectivity index (χ1n) is 10.4. The highest BCUT2D eigenvalue weighted by Gasteiger charge is 2.16. The normalized spacial score (nSPS) is 11.9. The van der Waals surface area contributed by atoms with Gasteiger partial charge in [-0.15, -0.1) is 6.58 Å². The fraction of sp³-hybridized carbons (Fsp3) is 0.375. The Labute approximate surface area is 182 Å². The number of ether oxygens (including phenoxy) is 1. The van der Waals surface area contributed by atoms with Gasteiger partial charge in [0.15, 0.2) is 0 Å². The molecule has 0 aliphatic heterocycles. The van der Waals surface area contributed by atoms with Crippen LogP contribution in [0.5, 0.6) is 5.75 Å². The molecular formula is C24H28N4O3. The van der Waals surface area contributed by atoms with E-state index in [0.717, 1.165) is 52.1 Å². The first-order valence-corrected chi connectivity index (χ1v) is 10.4. The van der Waals surface area contributed by atoms with Gasteiger partial charge in [0, 0.05) is 17.5 Å². The van der Waals surface area contributed by atoms with E-state index in [9.17, 15) is 4.91 Å². The Hall–Kier alpha value is -3.35. The Morgan fingerprint density at radius 2 is 1.87 bits per heavy atom. The number of pyridine rings is 1. The molecule has 3 rings (SSSR count). The van der Waals surface area contributed by atoms with Crippen LogP contribution in [0.4, 0.5) is 0 Å². The van der Waals surface area contributed by atoms with E-state index in [1.165, 1.54) is 0 Å². The van der Waals surface area contributed by atoms with E-state index in [4.69, 9.17) is 9.26 Å². The molecule has 1 aromatic carbocycles. The maximum atomic E-state index is 10.9. The quantitative estimate of drug-likeness (QED) is 0.306. The van der Waals surface area contributed by atoms with Crippen LogP contribution >= 0.6 is 0 Å². The van der Waals surface area contributed by atoms with Crippen molar-refractivity contribution < 1.29 is 9.26 Å². The summed E-state index contributed by atoms with van der Waals surface area (Å²) in [4.78, 5) is 20.0. The van der Waals surface area contributed by atoms with Gasteiger partial charge in [-0.2, -0.15) is 9.89 Å². The standard InChI is InChI=1S/C24H28N4O3/c1-6-8-20(27-29)14-30-22-16(4)11-18(12-17(22)5)23-26-24(31-28-23)19-10-15(3)21(9-7-2)25-13-19/h6,10-13,20H,1,7-9,14H2,2-5H3. The third-order valence-corrected chi connectivity index (χ3v) is 5.07. The second kappa shape index (κ2) is 10.1. The highest BCUT2D eigenvalue weighted by molar-refractivity contribution is 5.63. The van der Waals surface area contributed by atoms with Crippen LogP contribution in [0.3, 0.4) is 0 Å². The van der Waals surface area contributed by atoms with E-state index in [1.54, 1.807) is 12.3 Å². The van der Waals surface area contributed by atoms with Gasteiger partial charge in [0.1, 0.15) is 18.4 Å². The molecule has 0 fully saturated rings. The van der Waals surface area contributed by atoms with E-state index in [1.807, 2.05) is 39.0 Å². The first-order chi connectivity index (χ1) is 15.0. The molecule has 7 heteroatoms. The summed E-state index contributed by atoms with van der Waals surface area (Å²) in [5.74, 6) is 1.67. The van der Waals surface area contributed by atoms with Crippen LogP contribution in [0.25, 0.3) is 22.8 Å². The highest BCUT2D eigenvalue weighted by Crippen LogP contribution is 2.30. The van der Waals surface area contributed by atoms with Gasteiger partial charge in [0.05, 0.1) is 5.56 Å². The van der Waals surface area contributed by atoms with Crippen LogP contribution in [0.15, 0.2) is 46.8 Å².